The van der Waals surface area contributed by atoms with Gasteiger partial charge in [-0.15, -0.1) is 5.92 Å². The van der Waals surface area contributed by atoms with Crippen LogP contribution in [-0.2, 0) is 16.0 Å². The second-order valence-electron chi connectivity index (χ2n) is 5.33. The van der Waals surface area contributed by atoms with E-state index in [1.807, 2.05) is 45.0 Å². The highest BCUT2D eigenvalue weighted by Crippen LogP contribution is 2.18. The number of hydrogen-bond acceptors (Lipinski definition) is 2. The van der Waals surface area contributed by atoms with Crippen LogP contribution in [0, 0.1) is 11.8 Å². The summed E-state index contributed by atoms with van der Waals surface area (Å²) in [6, 6.07) is 7.65. The minimum atomic E-state index is -0.527. The number of benzene rings is 1. The van der Waals surface area contributed by atoms with Crippen molar-refractivity contribution in [1.82, 2.24) is 0 Å². The van der Waals surface area contributed by atoms with Crippen LogP contribution in [0.1, 0.15) is 38.8 Å². The van der Waals surface area contributed by atoms with E-state index in [9.17, 15) is 4.79 Å². The van der Waals surface area contributed by atoms with E-state index in [2.05, 4.69) is 17.6 Å². The second kappa shape index (κ2) is 6.40. The summed E-state index contributed by atoms with van der Waals surface area (Å²) in [5, 5.41) is 0. The summed E-state index contributed by atoms with van der Waals surface area (Å²) in [4.78, 5) is 11.6. The van der Waals surface area contributed by atoms with Crippen molar-refractivity contribution in [3.05, 3.63) is 35.4 Å². The molecule has 102 valence electrons. The predicted octanol–water partition coefficient (Wildman–Crippen LogP) is 1.55. The molecule has 1 aromatic rings. The lowest BCUT2D eigenvalue weighted by Gasteiger charge is -2.25. The molecule has 19 heavy (non-hydrogen) atoms. The largest absolute Gasteiger partial charge is 0.455 e. The molecular weight excluding hydrogens is 238 g/mol. The summed E-state index contributed by atoms with van der Waals surface area (Å²) in [7, 11) is 0. The van der Waals surface area contributed by atoms with E-state index in [-0.39, 0.29) is 12.0 Å². The number of hydrogen-bond donors (Lipinski definition) is 1. The summed E-state index contributed by atoms with van der Waals surface area (Å²) >= 11 is 0. The van der Waals surface area contributed by atoms with Crippen LogP contribution >= 0.6 is 0 Å². The highest BCUT2D eigenvalue weighted by molar-refractivity contribution is 5.73. The minimum absolute atomic E-state index is 0.265. The van der Waals surface area contributed by atoms with Gasteiger partial charge in [-0.05, 0) is 45.4 Å². The fourth-order valence-electron chi connectivity index (χ4n) is 1.75. The zero-order valence-electron chi connectivity index (χ0n) is 12.1. The van der Waals surface area contributed by atoms with Crippen molar-refractivity contribution in [2.45, 2.75) is 45.8 Å². The SMILES string of the molecule is CC#Cc1ccc(CC(C)(C)OC(=O)C(C)[NH3+])cc1. The van der Waals surface area contributed by atoms with Gasteiger partial charge in [0.25, 0.3) is 0 Å². The Kier molecular flexibility index (Phi) is 5.14. The number of quaternary nitrogens is 1. The van der Waals surface area contributed by atoms with Crippen molar-refractivity contribution >= 4 is 5.97 Å². The fourth-order valence-corrected chi connectivity index (χ4v) is 1.75. The van der Waals surface area contributed by atoms with E-state index in [4.69, 9.17) is 4.74 Å². The Labute approximate surface area is 115 Å². The van der Waals surface area contributed by atoms with Crippen molar-refractivity contribution in [3.63, 3.8) is 0 Å². The molecule has 0 radical (unpaired) electrons. The first kappa shape index (κ1) is 15.3. The Morgan fingerprint density at radius 1 is 1.37 bits per heavy atom. The van der Waals surface area contributed by atoms with Gasteiger partial charge in [0.1, 0.15) is 5.60 Å². The van der Waals surface area contributed by atoms with E-state index < -0.39 is 5.60 Å². The van der Waals surface area contributed by atoms with Crippen molar-refractivity contribution in [1.29, 1.82) is 0 Å². The van der Waals surface area contributed by atoms with E-state index in [1.54, 1.807) is 6.92 Å². The van der Waals surface area contributed by atoms with Crippen molar-refractivity contribution in [2.24, 2.45) is 0 Å². The lowest BCUT2D eigenvalue weighted by molar-refractivity contribution is -0.404. The first-order valence-corrected chi connectivity index (χ1v) is 6.42. The van der Waals surface area contributed by atoms with Gasteiger partial charge < -0.3 is 10.5 Å². The molecule has 3 N–H and O–H groups in total. The van der Waals surface area contributed by atoms with Gasteiger partial charge in [0, 0.05) is 12.0 Å². The van der Waals surface area contributed by atoms with Crippen LogP contribution in [0.3, 0.4) is 0 Å². The minimum Gasteiger partial charge on any atom is -0.455 e. The number of carbonyl (C=O) groups is 1. The molecule has 3 nitrogen and oxygen atoms in total. The smallest absolute Gasteiger partial charge is 0.364 e. The molecule has 0 spiro atoms. The van der Waals surface area contributed by atoms with Crippen LogP contribution in [0.5, 0.6) is 0 Å². The van der Waals surface area contributed by atoms with Gasteiger partial charge in [-0.25, -0.2) is 4.79 Å². The second-order valence-corrected chi connectivity index (χ2v) is 5.33. The van der Waals surface area contributed by atoms with Crippen LogP contribution in [0.2, 0.25) is 0 Å². The molecule has 0 heterocycles. The average molecular weight is 260 g/mol. The van der Waals surface area contributed by atoms with Crippen LogP contribution in [-0.4, -0.2) is 17.6 Å². The summed E-state index contributed by atoms with van der Waals surface area (Å²) in [6.07, 6.45) is 0.672. The molecule has 0 amide bonds. The number of esters is 1. The van der Waals surface area contributed by atoms with Gasteiger partial charge in [0.15, 0.2) is 6.04 Å². The molecule has 0 aromatic heterocycles. The first-order valence-electron chi connectivity index (χ1n) is 6.42. The van der Waals surface area contributed by atoms with Crippen molar-refractivity contribution < 1.29 is 15.3 Å². The quantitative estimate of drug-likeness (QED) is 0.659. The maximum atomic E-state index is 11.6. The molecule has 1 aromatic carbocycles. The molecular formula is C16H22NO2+. The molecule has 0 aliphatic rings. The van der Waals surface area contributed by atoms with E-state index in [0.29, 0.717) is 6.42 Å². The van der Waals surface area contributed by atoms with Crippen LogP contribution in [0.4, 0.5) is 0 Å². The third-order valence-corrected chi connectivity index (χ3v) is 2.63. The maximum absolute atomic E-state index is 11.6. The van der Waals surface area contributed by atoms with Crippen LogP contribution < -0.4 is 5.73 Å². The van der Waals surface area contributed by atoms with Crippen molar-refractivity contribution in [3.8, 4) is 11.8 Å². The molecule has 0 aliphatic heterocycles. The molecule has 0 aliphatic carbocycles. The normalized spacial score (nSPS) is 12.3. The topological polar surface area (TPSA) is 53.9 Å². The zero-order chi connectivity index (χ0) is 14.5. The average Bonchev–Trinajstić information content (AvgIpc) is 2.31. The summed E-state index contributed by atoms with van der Waals surface area (Å²) in [5.41, 5.74) is 5.26. The molecule has 0 bridgehead atoms. The van der Waals surface area contributed by atoms with Gasteiger partial charge >= 0.3 is 5.97 Å². The lowest BCUT2D eigenvalue weighted by Crippen LogP contribution is -2.64. The standard InChI is InChI=1S/C16H21NO2/c1-5-6-13-7-9-14(10-8-13)11-16(3,4)19-15(18)12(2)17/h7-10,12H,11,17H2,1-4H3/p+1. The van der Waals surface area contributed by atoms with Gasteiger partial charge in [0.2, 0.25) is 0 Å². The van der Waals surface area contributed by atoms with Gasteiger partial charge in [-0.2, -0.15) is 0 Å². The Morgan fingerprint density at radius 3 is 2.42 bits per heavy atom. The molecule has 1 unspecified atom stereocenters. The van der Waals surface area contributed by atoms with Crippen LogP contribution in [0.25, 0.3) is 0 Å². The number of ether oxygens (including phenoxy) is 1. The van der Waals surface area contributed by atoms with Crippen LogP contribution in [0.15, 0.2) is 24.3 Å². The Balaban J connectivity index is 2.71. The third kappa shape index (κ3) is 5.15. The molecule has 0 saturated carbocycles. The zero-order valence-corrected chi connectivity index (χ0v) is 12.1. The summed E-state index contributed by atoms with van der Waals surface area (Å²) in [6.45, 7) is 7.37. The number of carbonyl (C=O) groups excluding carboxylic acids is 1. The Morgan fingerprint density at radius 2 is 1.95 bits per heavy atom. The number of rotatable bonds is 4. The predicted molar refractivity (Wildman–Crippen MR) is 75.2 cm³/mol. The molecule has 3 heteroatoms. The molecule has 1 rings (SSSR count). The summed E-state index contributed by atoms with van der Waals surface area (Å²) < 4.78 is 5.45. The maximum Gasteiger partial charge on any atom is 0.364 e. The van der Waals surface area contributed by atoms with E-state index in [1.165, 1.54) is 0 Å². The highest BCUT2D eigenvalue weighted by atomic mass is 16.6. The molecule has 0 saturated heterocycles. The van der Waals surface area contributed by atoms with E-state index >= 15 is 0 Å². The van der Waals surface area contributed by atoms with Gasteiger partial charge in [0.05, 0.1) is 0 Å². The first-order chi connectivity index (χ1) is 8.84. The van der Waals surface area contributed by atoms with Gasteiger partial charge in [-0.3, -0.25) is 0 Å². The Bertz CT molecular complexity index is 490. The molecule has 0 fully saturated rings. The monoisotopic (exact) mass is 260 g/mol. The fraction of sp³-hybridized carbons (Fsp3) is 0.438. The summed E-state index contributed by atoms with van der Waals surface area (Å²) in [5.74, 6) is 5.60. The highest BCUT2D eigenvalue weighted by Gasteiger charge is 2.26. The molecule has 1 atom stereocenters. The third-order valence-electron chi connectivity index (χ3n) is 2.63. The van der Waals surface area contributed by atoms with Crippen molar-refractivity contribution in [2.75, 3.05) is 0 Å². The Hall–Kier alpha value is -1.79. The van der Waals surface area contributed by atoms with E-state index in [0.717, 1.165) is 11.1 Å². The lowest BCUT2D eigenvalue weighted by atomic mass is 9.97. The van der Waals surface area contributed by atoms with Gasteiger partial charge in [-0.1, -0.05) is 18.1 Å².